The Morgan fingerprint density at radius 1 is 1.15 bits per heavy atom. The molecule has 2 unspecified atom stereocenters. The maximum absolute atomic E-state index is 12.9. The molecule has 2 atom stereocenters. The van der Waals surface area contributed by atoms with Crippen molar-refractivity contribution in [2.75, 3.05) is 6.61 Å². The molecule has 0 aromatic carbocycles. The van der Waals surface area contributed by atoms with Crippen LogP contribution in [0.4, 0.5) is 17.6 Å². The molecule has 74 valence electrons. The summed E-state index contributed by atoms with van der Waals surface area (Å²) in [6, 6.07) is 0. The Balaban J connectivity index is 3.19. The van der Waals surface area contributed by atoms with Crippen molar-refractivity contribution in [3.8, 4) is 0 Å². The molecule has 0 amide bonds. The Kier molecular flexibility index (Phi) is 2.75. The summed E-state index contributed by atoms with van der Waals surface area (Å²) in [6.07, 6.45) is -4.49. The number of allylic oxidation sites excluding steroid dienone is 3. The minimum Gasteiger partial charge on any atom is -0.392 e. The normalized spacial score (nSPS) is 30.0. The fraction of sp³-hybridized carbons (Fsp3) is 0.500. The van der Waals surface area contributed by atoms with Gasteiger partial charge in [-0.1, -0.05) is 0 Å². The van der Waals surface area contributed by atoms with Crippen LogP contribution in [0.15, 0.2) is 22.8 Å². The van der Waals surface area contributed by atoms with Crippen LogP contribution in [0, 0.1) is 0 Å². The number of halogens is 4. The van der Waals surface area contributed by atoms with Crippen LogP contribution in [0.5, 0.6) is 0 Å². The van der Waals surface area contributed by atoms with Crippen LogP contribution in [0.25, 0.3) is 0 Å². The molecule has 1 aliphatic carbocycles. The molecule has 1 N–H and O–H groups in total. The van der Waals surface area contributed by atoms with Crippen molar-refractivity contribution in [1.29, 1.82) is 0 Å². The maximum Gasteiger partial charge on any atom is 0.163 e. The summed E-state index contributed by atoms with van der Waals surface area (Å²) in [5.74, 6) is -2.90. The fourth-order valence-corrected chi connectivity index (χ4v) is 1.11. The number of hydrogen-bond acceptors (Lipinski definition) is 1. The topological polar surface area (TPSA) is 20.2 Å². The molecule has 0 heterocycles. The van der Waals surface area contributed by atoms with Crippen molar-refractivity contribution < 1.29 is 22.7 Å². The van der Waals surface area contributed by atoms with Crippen molar-refractivity contribution in [3.63, 3.8) is 0 Å². The van der Waals surface area contributed by atoms with Gasteiger partial charge in [0, 0.05) is 11.1 Å². The lowest BCUT2D eigenvalue weighted by Gasteiger charge is -2.22. The van der Waals surface area contributed by atoms with Crippen molar-refractivity contribution in [1.82, 2.24) is 0 Å². The molecule has 5 heteroatoms. The minimum atomic E-state index is -2.29. The number of aliphatic hydroxyl groups is 1. The quantitative estimate of drug-likeness (QED) is 0.637. The molecular weight excluding hydrogens is 188 g/mol. The van der Waals surface area contributed by atoms with Crippen molar-refractivity contribution >= 4 is 0 Å². The van der Waals surface area contributed by atoms with Gasteiger partial charge in [0.05, 0.1) is 6.61 Å². The zero-order valence-corrected chi connectivity index (χ0v) is 6.82. The largest absolute Gasteiger partial charge is 0.392 e. The fourth-order valence-electron chi connectivity index (χ4n) is 1.11. The van der Waals surface area contributed by atoms with Gasteiger partial charge in [0.15, 0.2) is 24.0 Å². The Morgan fingerprint density at radius 2 is 1.69 bits per heavy atom. The molecule has 0 aromatic heterocycles. The highest BCUT2D eigenvalue weighted by Crippen LogP contribution is 2.35. The summed E-state index contributed by atoms with van der Waals surface area (Å²) in [7, 11) is 0. The molecule has 0 fully saturated rings. The summed E-state index contributed by atoms with van der Waals surface area (Å²) in [4.78, 5) is 0. The van der Waals surface area contributed by atoms with Gasteiger partial charge in [-0.25, -0.2) is 17.6 Å². The van der Waals surface area contributed by atoms with Crippen LogP contribution in [0.1, 0.15) is 6.92 Å². The van der Waals surface area contributed by atoms with E-state index in [1.54, 1.807) is 0 Å². The molecule has 1 aliphatic rings. The van der Waals surface area contributed by atoms with Gasteiger partial charge in [0.2, 0.25) is 0 Å². The highest BCUT2D eigenvalue weighted by atomic mass is 19.2. The van der Waals surface area contributed by atoms with Gasteiger partial charge in [-0.3, -0.25) is 0 Å². The van der Waals surface area contributed by atoms with E-state index in [2.05, 4.69) is 0 Å². The first kappa shape index (κ1) is 10.2. The van der Waals surface area contributed by atoms with Crippen LogP contribution in [0.2, 0.25) is 0 Å². The van der Waals surface area contributed by atoms with E-state index in [0.717, 1.165) is 6.92 Å². The molecule has 1 rings (SSSR count). The third-order valence-electron chi connectivity index (χ3n) is 1.99. The summed E-state index contributed by atoms with van der Waals surface area (Å²) < 4.78 is 51.3. The van der Waals surface area contributed by atoms with Crippen molar-refractivity contribution in [3.05, 3.63) is 22.8 Å². The lowest BCUT2D eigenvalue weighted by atomic mass is 9.94. The predicted octanol–water partition coefficient (Wildman–Crippen LogP) is 2.14. The molecule has 0 saturated heterocycles. The molecule has 13 heavy (non-hydrogen) atoms. The Bertz CT molecular complexity index is 282. The highest BCUT2D eigenvalue weighted by Gasteiger charge is 2.36. The summed E-state index contributed by atoms with van der Waals surface area (Å²) in [6.45, 7) is -0.0472. The van der Waals surface area contributed by atoms with Crippen LogP contribution in [-0.4, -0.2) is 24.1 Å². The van der Waals surface area contributed by atoms with Gasteiger partial charge >= 0.3 is 0 Å². The zero-order valence-electron chi connectivity index (χ0n) is 6.82. The SMILES string of the molecule is CC1=C(F)C(F)=C(CO)C(F)C1F. The molecule has 0 radical (unpaired) electrons. The second-order valence-corrected chi connectivity index (χ2v) is 2.80. The molecule has 1 nitrogen and oxygen atoms in total. The van der Waals surface area contributed by atoms with Crippen molar-refractivity contribution in [2.45, 2.75) is 19.3 Å². The molecule has 0 bridgehead atoms. The lowest BCUT2D eigenvalue weighted by Crippen LogP contribution is -2.28. The average Bonchev–Trinajstić information content (AvgIpc) is 2.13. The molecule has 0 aliphatic heterocycles. The smallest absolute Gasteiger partial charge is 0.163 e. The van der Waals surface area contributed by atoms with Gasteiger partial charge in [-0.2, -0.15) is 0 Å². The maximum atomic E-state index is 12.9. The van der Waals surface area contributed by atoms with E-state index in [0.29, 0.717) is 0 Å². The van der Waals surface area contributed by atoms with E-state index in [9.17, 15) is 17.6 Å². The molecule has 0 aromatic rings. The third-order valence-corrected chi connectivity index (χ3v) is 1.99. The van der Waals surface area contributed by atoms with E-state index >= 15 is 0 Å². The van der Waals surface area contributed by atoms with Gasteiger partial charge in [0.1, 0.15) is 0 Å². The van der Waals surface area contributed by atoms with E-state index < -0.39 is 41.8 Å². The summed E-state index contributed by atoms with van der Waals surface area (Å²) in [5, 5.41) is 8.46. The molecule has 0 saturated carbocycles. The van der Waals surface area contributed by atoms with Gasteiger partial charge < -0.3 is 5.11 Å². The number of hydrogen-bond donors (Lipinski definition) is 1. The first-order valence-electron chi connectivity index (χ1n) is 3.64. The predicted molar refractivity (Wildman–Crippen MR) is 38.8 cm³/mol. The Morgan fingerprint density at radius 3 is 2.15 bits per heavy atom. The Labute approximate surface area is 72.4 Å². The van der Waals surface area contributed by atoms with E-state index in [1.165, 1.54) is 0 Å². The van der Waals surface area contributed by atoms with Crippen LogP contribution < -0.4 is 0 Å². The van der Waals surface area contributed by atoms with Crippen LogP contribution in [0.3, 0.4) is 0 Å². The van der Waals surface area contributed by atoms with Crippen LogP contribution in [-0.2, 0) is 0 Å². The first-order chi connectivity index (χ1) is 6.00. The van der Waals surface area contributed by atoms with Gasteiger partial charge in [0.25, 0.3) is 0 Å². The standard InChI is InChI=1S/C8H8F4O/c1-3-5(9)7(11)4(2-13)8(12)6(3)10/h5,7,13H,2H2,1H3. The van der Waals surface area contributed by atoms with E-state index in [-0.39, 0.29) is 0 Å². The second-order valence-electron chi connectivity index (χ2n) is 2.80. The summed E-state index contributed by atoms with van der Waals surface area (Å²) in [5.41, 5.74) is -1.47. The lowest BCUT2D eigenvalue weighted by molar-refractivity contribution is 0.187. The Hall–Kier alpha value is -0.840. The van der Waals surface area contributed by atoms with Gasteiger partial charge in [-0.05, 0) is 6.92 Å². The average molecular weight is 196 g/mol. The molecular formula is C8H8F4O. The summed E-state index contributed by atoms with van der Waals surface area (Å²) >= 11 is 0. The molecule has 0 spiro atoms. The minimum absolute atomic E-state index is 0.609. The van der Waals surface area contributed by atoms with Crippen molar-refractivity contribution in [2.24, 2.45) is 0 Å². The van der Waals surface area contributed by atoms with Gasteiger partial charge in [-0.15, -0.1) is 0 Å². The second kappa shape index (κ2) is 3.49. The zero-order chi connectivity index (χ0) is 10.2. The number of rotatable bonds is 1. The number of aliphatic hydroxyl groups excluding tert-OH is 1. The van der Waals surface area contributed by atoms with E-state index in [1.807, 2.05) is 0 Å². The van der Waals surface area contributed by atoms with E-state index in [4.69, 9.17) is 5.11 Å². The highest BCUT2D eigenvalue weighted by molar-refractivity contribution is 5.39. The monoisotopic (exact) mass is 196 g/mol. The van der Waals surface area contributed by atoms with Crippen LogP contribution >= 0.6 is 0 Å². The number of alkyl halides is 2. The third kappa shape index (κ3) is 1.48. The first-order valence-corrected chi connectivity index (χ1v) is 3.64.